The van der Waals surface area contributed by atoms with Gasteiger partial charge in [-0.25, -0.2) is 0 Å². The van der Waals surface area contributed by atoms with Crippen molar-refractivity contribution in [1.29, 1.82) is 0 Å². The molecule has 1 aromatic carbocycles. The Hall–Kier alpha value is -1.52. The third-order valence-electron chi connectivity index (χ3n) is 3.25. The van der Waals surface area contributed by atoms with E-state index >= 15 is 0 Å². The number of rotatable bonds is 5. The Morgan fingerprint density at radius 3 is 2.35 bits per heavy atom. The summed E-state index contributed by atoms with van der Waals surface area (Å²) in [6, 6.07) is 5.73. The summed E-state index contributed by atoms with van der Waals surface area (Å²) in [4.78, 5) is 24.0. The van der Waals surface area contributed by atoms with Gasteiger partial charge < -0.3 is 0 Å². The van der Waals surface area contributed by atoms with E-state index in [1.165, 1.54) is 0 Å². The van der Waals surface area contributed by atoms with E-state index in [1.807, 2.05) is 0 Å². The summed E-state index contributed by atoms with van der Waals surface area (Å²) in [6.07, 6.45) is 1.14. The summed E-state index contributed by atoms with van der Waals surface area (Å²) < 4.78 is 0. The molecule has 20 heavy (non-hydrogen) atoms. The number of aromatic hydroxyl groups is 1. The number of carbonyl (C=O) groups is 2. The van der Waals surface area contributed by atoms with Gasteiger partial charge in [0.1, 0.15) is 0 Å². The molecule has 2 rings (SSSR count). The molecule has 2 amide bonds. The fourth-order valence-corrected chi connectivity index (χ4v) is 3.12. The van der Waals surface area contributed by atoms with E-state index < -0.39 is 6.04 Å². The molecule has 1 fully saturated rings. The first-order valence-electron chi connectivity index (χ1n) is 6.47. The second-order valence-electron chi connectivity index (χ2n) is 4.77. The number of hydrogen-bond acceptors (Lipinski definition) is 3. The Labute approximate surface area is 124 Å². The summed E-state index contributed by atoms with van der Waals surface area (Å²) in [5.41, 5.74) is 0.901. The quantitative estimate of drug-likeness (QED) is 0.682. The average molecular weight is 341 g/mol. The van der Waals surface area contributed by atoms with Gasteiger partial charge in [-0.2, -0.15) is 0 Å². The minimum atomic E-state index is -0.532. The van der Waals surface area contributed by atoms with Crippen LogP contribution in [0.15, 0.2) is 24.3 Å². The summed E-state index contributed by atoms with van der Waals surface area (Å²) in [7, 11) is 0. The van der Waals surface area contributed by atoms with Gasteiger partial charge in [0, 0.05) is 0 Å². The maximum atomic E-state index is 12.0. The standard InChI is InChI=1S/C14H18N2O3Se/c1-20-7-6-11-13(18)16-12(14(19)15-11)8-9-2-4-10(17)5-3-9/h2-5,11-12,17H,6-8H2,1H3,(H,15,19)(H,16,18). The Morgan fingerprint density at radius 1 is 1.10 bits per heavy atom. The molecule has 2 atom stereocenters. The van der Waals surface area contributed by atoms with Crippen molar-refractivity contribution in [2.24, 2.45) is 0 Å². The summed E-state index contributed by atoms with van der Waals surface area (Å²) in [5, 5.41) is 15.8. The molecule has 1 aliphatic heterocycles. The molecule has 0 bridgehead atoms. The van der Waals surface area contributed by atoms with Crippen LogP contribution in [-0.2, 0) is 16.0 Å². The molecule has 0 saturated carbocycles. The first-order valence-corrected chi connectivity index (χ1v) is 9.40. The van der Waals surface area contributed by atoms with Crippen molar-refractivity contribution in [3.63, 3.8) is 0 Å². The van der Waals surface area contributed by atoms with E-state index in [1.54, 1.807) is 24.3 Å². The molecule has 1 heterocycles. The van der Waals surface area contributed by atoms with Crippen LogP contribution in [0, 0.1) is 0 Å². The first kappa shape index (κ1) is 14.9. The number of amides is 2. The molecule has 0 aliphatic carbocycles. The van der Waals surface area contributed by atoms with Gasteiger partial charge in [-0.05, 0) is 0 Å². The van der Waals surface area contributed by atoms with Gasteiger partial charge in [0.25, 0.3) is 0 Å². The van der Waals surface area contributed by atoms with Gasteiger partial charge in [-0.15, -0.1) is 0 Å². The number of nitrogens with one attached hydrogen (secondary N) is 2. The zero-order valence-electron chi connectivity index (χ0n) is 11.3. The van der Waals surface area contributed by atoms with Crippen molar-refractivity contribution in [3.05, 3.63) is 29.8 Å². The van der Waals surface area contributed by atoms with Crippen molar-refractivity contribution in [3.8, 4) is 5.75 Å². The fourth-order valence-electron chi connectivity index (χ4n) is 2.13. The Kier molecular flexibility index (Phi) is 5.04. The van der Waals surface area contributed by atoms with E-state index in [0.29, 0.717) is 27.8 Å². The molecule has 5 nitrogen and oxygen atoms in total. The number of carbonyl (C=O) groups excluding carboxylic acids is 2. The van der Waals surface area contributed by atoms with Gasteiger partial charge >= 0.3 is 124 Å². The van der Waals surface area contributed by atoms with E-state index in [4.69, 9.17) is 0 Å². The third kappa shape index (κ3) is 3.74. The van der Waals surface area contributed by atoms with Crippen molar-refractivity contribution >= 4 is 26.8 Å². The second kappa shape index (κ2) is 6.77. The topological polar surface area (TPSA) is 78.4 Å². The van der Waals surface area contributed by atoms with Crippen LogP contribution in [0.1, 0.15) is 12.0 Å². The zero-order valence-corrected chi connectivity index (χ0v) is 13.0. The molecule has 0 aromatic heterocycles. The molecule has 108 valence electrons. The van der Waals surface area contributed by atoms with Gasteiger partial charge in [-0.3, -0.25) is 0 Å². The van der Waals surface area contributed by atoms with Crippen LogP contribution in [-0.4, -0.2) is 44.0 Å². The molecule has 1 aliphatic rings. The van der Waals surface area contributed by atoms with Gasteiger partial charge in [0.2, 0.25) is 0 Å². The summed E-state index contributed by atoms with van der Waals surface area (Å²) in [5.74, 6) is 2.07. The molecular formula is C14H18N2O3Se. The molecule has 0 radical (unpaired) electrons. The second-order valence-corrected chi connectivity index (χ2v) is 6.84. The normalized spacial score (nSPS) is 22.2. The van der Waals surface area contributed by atoms with Crippen LogP contribution >= 0.6 is 0 Å². The predicted molar refractivity (Wildman–Crippen MR) is 76.7 cm³/mol. The molecule has 3 N–H and O–H groups in total. The average Bonchev–Trinajstić information content (AvgIpc) is 2.43. The molecule has 1 aromatic rings. The molecule has 2 unspecified atom stereocenters. The van der Waals surface area contributed by atoms with Crippen LogP contribution in [0.2, 0.25) is 11.1 Å². The predicted octanol–water partition coefficient (Wildman–Crippen LogP) is 0.479. The number of benzene rings is 1. The molecular weight excluding hydrogens is 323 g/mol. The van der Waals surface area contributed by atoms with Crippen molar-refractivity contribution < 1.29 is 14.7 Å². The Balaban J connectivity index is 1.96. The maximum absolute atomic E-state index is 12.0. The van der Waals surface area contributed by atoms with Crippen LogP contribution in [0.25, 0.3) is 0 Å². The first-order chi connectivity index (χ1) is 9.60. The number of piperazine rings is 1. The zero-order chi connectivity index (χ0) is 14.5. The van der Waals surface area contributed by atoms with Crippen LogP contribution in [0.4, 0.5) is 0 Å². The van der Waals surface area contributed by atoms with Crippen LogP contribution < -0.4 is 10.6 Å². The van der Waals surface area contributed by atoms with Crippen molar-refractivity contribution in [1.82, 2.24) is 10.6 Å². The molecule has 1 saturated heterocycles. The van der Waals surface area contributed by atoms with E-state index in [-0.39, 0.29) is 23.6 Å². The number of phenolic OH excluding ortho intramolecular Hbond substituents is 1. The fraction of sp³-hybridized carbons (Fsp3) is 0.429. The van der Waals surface area contributed by atoms with Gasteiger partial charge in [0.05, 0.1) is 0 Å². The third-order valence-corrected chi connectivity index (χ3v) is 4.60. The van der Waals surface area contributed by atoms with Gasteiger partial charge in [-0.1, -0.05) is 0 Å². The van der Waals surface area contributed by atoms with Crippen molar-refractivity contribution in [2.45, 2.75) is 36.1 Å². The van der Waals surface area contributed by atoms with Gasteiger partial charge in [0.15, 0.2) is 0 Å². The summed E-state index contributed by atoms with van der Waals surface area (Å²) in [6.45, 7) is 0. The van der Waals surface area contributed by atoms with E-state index in [2.05, 4.69) is 16.5 Å². The van der Waals surface area contributed by atoms with Crippen LogP contribution in [0.5, 0.6) is 5.75 Å². The SMILES string of the molecule is C[Se]CCC1NC(=O)C(Cc2ccc(O)cc2)NC1=O. The number of hydrogen-bond donors (Lipinski definition) is 3. The van der Waals surface area contributed by atoms with E-state index in [9.17, 15) is 14.7 Å². The van der Waals surface area contributed by atoms with Crippen molar-refractivity contribution in [2.75, 3.05) is 0 Å². The summed E-state index contributed by atoms with van der Waals surface area (Å²) >= 11 is 0.508. The Morgan fingerprint density at radius 2 is 1.70 bits per heavy atom. The van der Waals surface area contributed by atoms with E-state index in [0.717, 1.165) is 10.9 Å². The molecule has 0 spiro atoms. The number of phenols is 1. The molecule has 6 heteroatoms. The van der Waals surface area contributed by atoms with Crippen LogP contribution in [0.3, 0.4) is 0 Å². The minimum absolute atomic E-state index is 0.0994. The Bertz CT molecular complexity index is 490. The monoisotopic (exact) mass is 342 g/mol.